The maximum Gasteiger partial charge on any atom is 0.274 e. The number of aromatic nitrogens is 2. The highest BCUT2D eigenvalue weighted by Gasteiger charge is 2.43. The van der Waals surface area contributed by atoms with E-state index in [9.17, 15) is 13.2 Å². The maximum absolute atomic E-state index is 13.2. The maximum atomic E-state index is 13.2. The van der Waals surface area contributed by atoms with Gasteiger partial charge in [-0.2, -0.15) is 0 Å². The fourth-order valence-corrected chi connectivity index (χ4v) is 5.39. The molecule has 1 aliphatic carbocycles. The highest BCUT2D eigenvalue weighted by Crippen LogP contribution is 2.34. The second-order valence-electron chi connectivity index (χ2n) is 7.29. The van der Waals surface area contributed by atoms with E-state index < -0.39 is 9.84 Å². The van der Waals surface area contributed by atoms with Crippen molar-refractivity contribution in [3.8, 4) is 17.1 Å². The number of methoxy groups -OCH3 is 1. The van der Waals surface area contributed by atoms with Crippen molar-refractivity contribution >= 4 is 15.7 Å². The molecule has 0 spiro atoms. The Balaban J connectivity index is 1.64. The zero-order chi connectivity index (χ0) is 19.2. The molecule has 2 fully saturated rings. The molecule has 1 aromatic heterocycles. The number of benzene rings is 1. The fourth-order valence-electron chi connectivity index (χ4n) is 3.68. The molecule has 1 atom stereocenters. The molecule has 2 heterocycles. The molecule has 0 radical (unpaired) electrons. The zero-order valence-electron chi connectivity index (χ0n) is 15.4. The van der Waals surface area contributed by atoms with Gasteiger partial charge in [-0.1, -0.05) is 12.1 Å². The Morgan fingerprint density at radius 2 is 2.04 bits per heavy atom. The monoisotopic (exact) mass is 389 g/mol. The summed E-state index contributed by atoms with van der Waals surface area (Å²) in [6.07, 6.45) is 2.36. The summed E-state index contributed by atoms with van der Waals surface area (Å²) >= 11 is 0. The Kier molecular flexibility index (Phi) is 4.46. The topological polar surface area (TPSA) is 92.4 Å². The number of carbonyl (C=O) groups excluding carboxylic acids is 1. The third kappa shape index (κ3) is 3.58. The lowest BCUT2D eigenvalue weighted by atomic mass is 10.2. The summed E-state index contributed by atoms with van der Waals surface area (Å²) in [4.78, 5) is 22.7. The van der Waals surface area contributed by atoms with Gasteiger partial charge in [0.1, 0.15) is 17.3 Å². The minimum absolute atomic E-state index is 0.0570. The van der Waals surface area contributed by atoms with Crippen LogP contribution in [0.3, 0.4) is 0 Å². The summed E-state index contributed by atoms with van der Waals surface area (Å²) in [6, 6.07) is 7.36. The van der Waals surface area contributed by atoms with Crippen molar-refractivity contribution in [3.05, 3.63) is 35.7 Å². The van der Waals surface area contributed by atoms with E-state index in [2.05, 4.69) is 9.97 Å². The van der Waals surface area contributed by atoms with Crippen molar-refractivity contribution < 1.29 is 17.9 Å². The number of rotatable bonds is 5. The third-order valence-electron chi connectivity index (χ3n) is 5.21. The standard InChI is InChI=1S/C19H23N3O4S/c1-12-17(21-18(20-12)13-4-3-5-16(10-13)26-2)19(23)22(14-6-7-14)15-8-9-27(24,25)11-15/h3-5,10,14-15H,6-9,11H2,1-2H3,(H,20,21)/t15-/m1/s1. The smallest absolute Gasteiger partial charge is 0.274 e. The van der Waals surface area contributed by atoms with E-state index in [4.69, 9.17) is 4.74 Å². The van der Waals surface area contributed by atoms with E-state index in [1.54, 1.807) is 12.0 Å². The average molecular weight is 389 g/mol. The minimum atomic E-state index is -3.05. The predicted octanol–water partition coefficient (Wildman–Crippen LogP) is 2.19. The van der Waals surface area contributed by atoms with E-state index in [1.807, 2.05) is 31.2 Å². The fraction of sp³-hybridized carbons (Fsp3) is 0.474. The quantitative estimate of drug-likeness (QED) is 0.846. The number of sulfone groups is 1. The summed E-state index contributed by atoms with van der Waals surface area (Å²) in [6.45, 7) is 1.82. The van der Waals surface area contributed by atoms with E-state index in [0.717, 1.165) is 18.4 Å². The first-order valence-corrected chi connectivity index (χ1v) is 10.9. The van der Waals surface area contributed by atoms with Gasteiger partial charge in [0, 0.05) is 23.3 Å². The molecule has 7 nitrogen and oxygen atoms in total. The molecule has 0 unspecified atom stereocenters. The highest BCUT2D eigenvalue weighted by molar-refractivity contribution is 7.91. The lowest BCUT2D eigenvalue weighted by Crippen LogP contribution is -2.43. The number of H-pyrrole nitrogens is 1. The van der Waals surface area contributed by atoms with Gasteiger partial charge in [0.05, 0.1) is 18.6 Å². The molecular weight excluding hydrogens is 366 g/mol. The number of amides is 1. The first-order valence-electron chi connectivity index (χ1n) is 9.12. The molecule has 2 aliphatic rings. The molecule has 4 rings (SSSR count). The number of aryl methyl sites for hydroxylation is 1. The molecular formula is C19H23N3O4S. The summed E-state index contributed by atoms with van der Waals surface area (Å²) in [5.41, 5.74) is 1.88. The van der Waals surface area contributed by atoms with Crippen LogP contribution in [0.4, 0.5) is 0 Å². The van der Waals surface area contributed by atoms with Crippen molar-refractivity contribution in [3.63, 3.8) is 0 Å². The first kappa shape index (κ1) is 18.0. The van der Waals surface area contributed by atoms with Gasteiger partial charge in [-0.25, -0.2) is 13.4 Å². The molecule has 1 saturated heterocycles. The largest absolute Gasteiger partial charge is 0.497 e. The van der Waals surface area contributed by atoms with Gasteiger partial charge in [0.2, 0.25) is 0 Å². The van der Waals surface area contributed by atoms with Crippen molar-refractivity contribution in [1.82, 2.24) is 14.9 Å². The van der Waals surface area contributed by atoms with Crippen molar-refractivity contribution in [2.24, 2.45) is 0 Å². The molecule has 1 N–H and O–H groups in total. The van der Waals surface area contributed by atoms with Gasteiger partial charge >= 0.3 is 0 Å². The van der Waals surface area contributed by atoms with Crippen LogP contribution in [-0.2, 0) is 9.84 Å². The van der Waals surface area contributed by atoms with Crippen LogP contribution in [0.5, 0.6) is 5.75 Å². The van der Waals surface area contributed by atoms with Crippen LogP contribution in [0, 0.1) is 6.92 Å². The van der Waals surface area contributed by atoms with Gasteiger partial charge in [-0.05, 0) is 38.3 Å². The molecule has 2 aromatic rings. The summed E-state index contributed by atoms with van der Waals surface area (Å²) in [5.74, 6) is 1.35. The van der Waals surface area contributed by atoms with Crippen molar-refractivity contribution in [1.29, 1.82) is 0 Å². The molecule has 1 amide bonds. The normalized spacial score (nSPS) is 21.2. The van der Waals surface area contributed by atoms with Crippen LogP contribution in [0.2, 0.25) is 0 Å². The Hall–Kier alpha value is -2.35. The molecule has 8 heteroatoms. The van der Waals surface area contributed by atoms with Gasteiger partial charge in [0.15, 0.2) is 9.84 Å². The zero-order valence-corrected chi connectivity index (χ0v) is 16.3. The van der Waals surface area contributed by atoms with Crippen LogP contribution >= 0.6 is 0 Å². The van der Waals surface area contributed by atoms with E-state index in [-0.39, 0.29) is 29.5 Å². The Morgan fingerprint density at radius 1 is 1.26 bits per heavy atom. The molecule has 1 saturated carbocycles. The number of hydrogen-bond acceptors (Lipinski definition) is 5. The van der Waals surface area contributed by atoms with Crippen LogP contribution < -0.4 is 4.74 Å². The molecule has 1 aromatic carbocycles. The number of aromatic amines is 1. The van der Waals surface area contributed by atoms with E-state index in [1.165, 1.54) is 0 Å². The average Bonchev–Trinajstić information content (AvgIpc) is 3.30. The molecule has 0 bridgehead atoms. The van der Waals surface area contributed by atoms with E-state index in [0.29, 0.717) is 29.4 Å². The summed E-state index contributed by atoms with van der Waals surface area (Å²) in [5, 5.41) is 0. The predicted molar refractivity (Wildman–Crippen MR) is 102 cm³/mol. The number of carbonyl (C=O) groups is 1. The van der Waals surface area contributed by atoms with Crippen molar-refractivity contribution in [2.45, 2.75) is 38.3 Å². The van der Waals surface area contributed by atoms with Gasteiger partial charge in [0.25, 0.3) is 5.91 Å². The second kappa shape index (κ2) is 6.67. The Labute approximate surface area is 158 Å². The highest BCUT2D eigenvalue weighted by atomic mass is 32.2. The lowest BCUT2D eigenvalue weighted by Gasteiger charge is -2.27. The second-order valence-corrected chi connectivity index (χ2v) is 9.52. The van der Waals surface area contributed by atoms with Gasteiger partial charge in [-0.3, -0.25) is 4.79 Å². The van der Waals surface area contributed by atoms with Crippen LogP contribution in [-0.4, -0.2) is 59.9 Å². The van der Waals surface area contributed by atoms with Gasteiger partial charge in [-0.15, -0.1) is 0 Å². The van der Waals surface area contributed by atoms with Crippen LogP contribution in [0.15, 0.2) is 24.3 Å². The summed E-state index contributed by atoms with van der Waals surface area (Å²) in [7, 11) is -1.45. The molecule has 1 aliphatic heterocycles. The molecule has 27 heavy (non-hydrogen) atoms. The SMILES string of the molecule is COc1cccc(-c2nc(C(=O)N(C3CC3)[C@@H]3CCS(=O)(=O)C3)c(C)[nH]2)c1. The number of nitrogens with zero attached hydrogens (tertiary/aromatic N) is 2. The van der Waals surface area contributed by atoms with Crippen LogP contribution in [0.1, 0.15) is 35.4 Å². The van der Waals surface area contributed by atoms with Crippen LogP contribution in [0.25, 0.3) is 11.4 Å². The lowest BCUT2D eigenvalue weighted by molar-refractivity contribution is 0.0674. The first-order chi connectivity index (χ1) is 12.9. The van der Waals surface area contributed by atoms with Crippen molar-refractivity contribution in [2.75, 3.05) is 18.6 Å². The van der Waals surface area contributed by atoms with Gasteiger partial charge < -0.3 is 14.6 Å². The summed E-state index contributed by atoms with van der Waals surface area (Å²) < 4.78 is 29.0. The molecule has 144 valence electrons. The Bertz CT molecular complexity index is 979. The number of nitrogens with one attached hydrogen (secondary N) is 1. The van der Waals surface area contributed by atoms with E-state index >= 15 is 0 Å². The number of hydrogen-bond donors (Lipinski definition) is 1. The number of imidazole rings is 1. The number of ether oxygens (including phenoxy) is 1. The Morgan fingerprint density at radius 3 is 2.67 bits per heavy atom. The minimum Gasteiger partial charge on any atom is -0.497 e. The third-order valence-corrected chi connectivity index (χ3v) is 6.96.